The minimum Gasteiger partial charge on any atom is -0.434 e. The first kappa shape index (κ1) is 22.2. The molecule has 1 aliphatic heterocycles. The molecule has 1 heterocycles. The Morgan fingerprint density at radius 3 is 2.57 bits per heavy atom. The number of hydrogen-bond acceptors (Lipinski definition) is 5. The summed E-state index contributed by atoms with van der Waals surface area (Å²) in [5.41, 5.74) is 0.984. The number of aryl methyl sites for hydroxylation is 1. The molecule has 2 aromatic rings. The molecule has 1 fully saturated rings. The van der Waals surface area contributed by atoms with Crippen molar-refractivity contribution in [2.45, 2.75) is 31.3 Å². The van der Waals surface area contributed by atoms with Crippen LogP contribution in [0, 0.1) is 12.8 Å². The van der Waals surface area contributed by atoms with Crippen LogP contribution in [0.5, 0.6) is 5.75 Å². The minimum absolute atomic E-state index is 0.0478. The third-order valence-electron chi connectivity index (χ3n) is 4.91. The number of benzene rings is 2. The molecule has 9 heteroatoms. The van der Waals surface area contributed by atoms with Gasteiger partial charge in [0.05, 0.1) is 17.1 Å². The van der Waals surface area contributed by atoms with Crippen LogP contribution < -0.4 is 4.74 Å². The van der Waals surface area contributed by atoms with Crippen LogP contribution >= 0.6 is 0 Å². The van der Waals surface area contributed by atoms with Gasteiger partial charge >= 0.3 is 6.61 Å². The summed E-state index contributed by atoms with van der Waals surface area (Å²) in [4.78, 5) is 14.4. The van der Waals surface area contributed by atoms with E-state index < -0.39 is 22.6 Å². The summed E-state index contributed by atoms with van der Waals surface area (Å²) in [5.74, 6) is -0.804. The van der Waals surface area contributed by atoms with Crippen molar-refractivity contribution in [2.75, 3.05) is 19.7 Å². The Labute approximate surface area is 174 Å². The Hall–Kier alpha value is -2.52. The number of piperidine rings is 1. The molecule has 30 heavy (non-hydrogen) atoms. The van der Waals surface area contributed by atoms with E-state index in [0.717, 1.165) is 5.56 Å². The highest BCUT2D eigenvalue weighted by molar-refractivity contribution is 7.86. The quantitative estimate of drug-likeness (QED) is 0.613. The standard InChI is InChI=1S/C21H23F2NO5S/c1-15-8-10-17(11-9-15)30(26,27)28-14-16-5-4-12-24(13-16)20(25)18-6-2-3-7-19(18)29-21(22)23/h2-3,6-11,16,21H,4-5,12-14H2,1H3. The molecule has 6 nitrogen and oxygen atoms in total. The van der Waals surface area contributed by atoms with Gasteiger partial charge in [-0.3, -0.25) is 8.98 Å². The maximum atomic E-state index is 12.8. The topological polar surface area (TPSA) is 72.9 Å². The van der Waals surface area contributed by atoms with Crippen LogP contribution in [-0.2, 0) is 14.3 Å². The zero-order valence-electron chi connectivity index (χ0n) is 16.5. The fraction of sp³-hybridized carbons (Fsp3) is 0.381. The van der Waals surface area contributed by atoms with Gasteiger partial charge in [0.1, 0.15) is 5.75 Å². The van der Waals surface area contributed by atoms with Gasteiger partial charge < -0.3 is 9.64 Å². The second-order valence-electron chi connectivity index (χ2n) is 7.19. The van der Waals surface area contributed by atoms with Gasteiger partial charge in [-0.15, -0.1) is 0 Å². The predicted octanol–water partition coefficient (Wildman–Crippen LogP) is 3.85. The van der Waals surface area contributed by atoms with Gasteiger partial charge in [0.2, 0.25) is 0 Å². The van der Waals surface area contributed by atoms with E-state index in [1.165, 1.54) is 35.2 Å². The third kappa shape index (κ3) is 5.54. The minimum atomic E-state index is -3.89. The molecule has 162 valence electrons. The fourth-order valence-corrected chi connectivity index (χ4v) is 4.33. The number of carbonyl (C=O) groups is 1. The zero-order valence-corrected chi connectivity index (χ0v) is 17.3. The lowest BCUT2D eigenvalue weighted by molar-refractivity contribution is -0.0503. The number of ether oxygens (including phenoxy) is 1. The number of likely N-dealkylation sites (tertiary alicyclic amines) is 1. The summed E-state index contributed by atoms with van der Waals surface area (Å²) in [6, 6.07) is 12.2. The monoisotopic (exact) mass is 439 g/mol. The molecule has 1 atom stereocenters. The molecule has 1 saturated heterocycles. The Bertz CT molecular complexity index is 979. The van der Waals surface area contributed by atoms with Crippen LogP contribution in [0.1, 0.15) is 28.8 Å². The Morgan fingerprint density at radius 2 is 1.87 bits per heavy atom. The first-order valence-corrected chi connectivity index (χ1v) is 11.0. The van der Waals surface area contributed by atoms with Crippen molar-refractivity contribution in [3.63, 3.8) is 0 Å². The van der Waals surface area contributed by atoms with Crippen LogP contribution in [0.3, 0.4) is 0 Å². The van der Waals surface area contributed by atoms with Crippen molar-refractivity contribution >= 4 is 16.0 Å². The molecule has 0 N–H and O–H groups in total. The summed E-state index contributed by atoms with van der Waals surface area (Å²) in [6.45, 7) is -0.521. The van der Waals surface area contributed by atoms with Gasteiger partial charge in [-0.2, -0.15) is 17.2 Å². The Balaban J connectivity index is 1.64. The number of rotatable bonds is 7. The molecule has 0 saturated carbocycles. The molecule has 0 radical (unpaired) electrons. The SMILES string of the molecule is Cc1ccc(S(=O)(=O)OCC2CCCN(C(=O)c3ccccc3OC(F)F)C2)cc1. The summed E-state index contributed by atoms with van der Waals surface area (Å²) in [6.07, 6.45) is 1.35. The molecule has 1 aliphatic rings. The highest BCUT2D eigenvalue weighted by atomic mass is 32.2. The van der Waals surface area contributed by atoms with Crippen molar-refractivity contribution in [1.82, 2.24) is 4.90 Å². The molecule has 0 bridgehead atoms. The fourth-order valence-electron chi connectivity index (χ4n) is 3.36. The average Bonchev–Trinajstić information content (AvgIpc) is 2.72. The predicted molar refractivity (Wildman–Crippen MR) is 106 cm³/mol. The van der Waals surface area contributed by atoms with Gasteiger partial charge in [-0.05, 0) is 44.0 Å². The molecule has 0 aliphatic carbocycles. The van der Waals surface area contributed by atoms with Crippen molar-refractivity contribution in [1.29, 1.82) is 0 Å². The first-order chi connectivity index (χ1) is 14.3. The molecular weight excluding hydrogens is 416 g/mol. The van der Waals surface area contributed by atoms with E-state index in [1.54, 1.807) is 18.2 Å². The molecule has 1 unspecified atom stereocenters. The van der Waals surface area contributed by atoms with E-state index >= 15 is 0 Å². The van der Waals surface area contributed by atoms with Crippen LogP contribution in [-0.4, -0.2) is 45.5 Å². The van der Waals surface area contributed by atoms with E-state index in [1.807, 2.05) is 6.92 Å². The lowest BCUT2D eigenvalue weighted by Gasteiger charge is -2.32. The summed E-state index contributed by atoms with van der Waals surface area (Å²) in [7, 11) is -3.89. The smallest absolute Gasteiger partial charge is 0.387 e. The van der Waals surface area contributed by atoms with Crippen molar-refractivity contribution in [3.8, 4) is 5.75 Å². The highest BCUT2D eigenvalue weighted by Gasteiger charge is 2.28. The first-order valence-electron chi connectivity index (χ1n) is 9.55. The summed E-state index contributed by atoms with van der Waals surface area (Å²) >= 11 is 0. The van der Waals surface area contributed by atoms with E-state index in [4.69, 9.17) is 4.18 Å². The Morgan fingerprint density at radius 1 is 1.17 bits per heavy atom. The van der Waals surface area contributed by atoms with Crippen molar-refractivity contribution in [2.24, 2.45) is 5.92 Å². The van der Waals surface area contributed by atoms with Gasteiger partial charge in [-0.25, -0.2) is 0 Å². The van der Waals surface area contributed by atoms with Gasteiger partial charge in [0, 0.05) is 19.0 Å². The normalized spacial score (nSPS) is 17.2. The number of alkyl halides is 2. The second-order valence-corrected chi connectivity index (χ2v) is 8.80. The van der Waals surface area contributed by atoms with Crippen LogP contribution in [0.25, 0.3) is 0 Å². The number of amides is 1. The zero-order chi connectivity index (χ0) is 21.7. The van der Waals surface area contributed by atoms with Crippen LogP contribution in [0.2, 0.25) is 0 Å². The van der Waals surface area contributed by atoms with E-state index in [9.17, 15) is 22.0 Å². The van der Waals surface area contributed by atoms with Gasteiger partial charge in [-0.1, -0.05) is 29.8 Å². The molecule has 0 aromatic heterocycles. The van der Waals surface area contributed by atoms with Gasteiger partial charge in [0.15, 0.2) is 0 Å². The lowest BCUT2D eigenvalue weighted by Crippen LogP contribution is -2.41. The third-order valence-corrected chi connectivity index (χ3v) is 6.20. The van der Waals surface area contributed by atoms with Crippen LogP contribution in [0.15, 0.2) is 53.4 Å². The maximum absolute atomic E-state index is 12.8. The van der Waals surface area contributed by atoms with E-state index in [0.29, 0.717) is 19.4 Å². The summed E-state index contributed by atoms with van der Waals surface area (Å²) < 4.78 is 59.7. The molecule has 2 aromatic carbocycles. The van der Waals surface area contributed by atoms with E-state index in [2.05, 4.69) is 4.74 Å². The van der Waals surface area contributed by atoms with E-state index in [-0.39, 0.29) is 35.3 Å². The number of para-hydroxylation sites is 1. The van der Waals surface area contributed by atoms with Crippen molar-refractivity contribution < 1.29 is 30.9 Å². The highest BCUT2D eigenvalue weighted by Crippen LogP contribution is 2.26. The van der Waals surface area contributed by atoms with Crippen molar-refractivity contribution in [3.05, 3.63) is 59.7 Å². The number of hydrogen-bond donors (Lipinski definition) is 0. The molecule has 0 spiro atoms. The Kier molecular flexibility index (Phi) is 7.04. The summed E-state index contributed by atoms with van der Waals surface area (Å²) in [5, 5.41) is 0. The number of carbonyl (C=O) groups excluding carboxylic acids is 1. The van der Waals surface area contributed by atoms with Gasteiger partial charge in [0.25, 0.3) is 16.0 Å². The average molecular weight is 439 g/mol. The number of halogens is 2. The largest absolute Gasteiger partial charge is 0.434 e. The molecular formula is C21H23F2NO5S. The maximum Gasteiger partial charge on any atom is 0.387 e. The molecule has 3 rings (SSSR count). The van der Waals surface area contributed by atoms with Crippen LogP contribution in [0.4, 0.5) is 8.78 Å². The number of nitrogens with zero attached hydrogens (tertiary/aromatic N) is 1. The second kappa shape index (κ2) is 9.53. The lowest BCUT2D eigenvalue weighted by atomic mass is 9.98. The molecule has 1 amide bonds.